The van der Waals surface area contributed by atoms with E-state index in [1.807, 2.05) is 24.3 Å². The monoisotopic (exact) mass is 356 g/mol. The van der Waals surface area contributed by atoms with Gasteiger partial charge in [0.2, 0.25) is 5.95 Å². The van der Waals surface area contributed by atoms with Gasteiger partial charge in [0.1, 0.15) is 11.6 Å². The third-order valence-electron chi connectivity index (χ3n) is 3.63. The summed E-state index contributed by atoms with van der Waals surface area (Å²) in [7, 11) is 0. The fourth-order valence-corrected chi connectivity index (χ4v) is 2.56. The largest absolute Gasteiger partial charge is 0.366 e. The van der Waals surface area contributed by atoms with Crippen LogP contribution in [0.15, 0.2) is 60.8 Å². The third-order valence-corrected chi connectivity index (χ3v) is 3.86. The average molecular weight is 357 g/mol. The van der Waals surface area contributed by atoms with Gasteiger partial charge in [-0.3, -0.25) is 0 Å². The summed E-state index contributed by atoms with van der Waals surface area (Å²) in [6.07, 6.45) is 2.53. The maximum absolute atomic E-state index is 12.9. The molecule has 3 rings (SSSR count). The van der Waals surface area contributed by atoms with Gasteiger partial charge in [0.05, 0.1) is 0 Å². The minimum Gasteiger partial charge on any atom is -0.366 e. The highest BCUT2D eigenvalue weighted by atomic mass is 35.5. The summed E-state index contributed by atoms with van der Waals surface area (Å²) in [5.74, 6) is 1.03. The van der Waals surface area contributed by atoms with Gasteiger partial charge >= 0.3 is 0 Å². The predicted molar refractivity (Wildman–Crippen MR) is 99.4 cm³/mol. The molecule has 25 heavy (non-hydrogen) atoms. The van der Waals surface area contributed by atoms with Crippen molar-refractivity contribution in [2.24, 2.45) is 0 Å². The zero-order valence-corrected chi connectivity index (χ0v) is 14.3. The van der Waals surface area contributed by atoms with E-state index in [9.17, 15) is 4.39 Å². The van der Waals surface area contributed by atoms with E-state index < -0.39 is 0 Å². The SMILES string of the molecule is Fc1ccc(CNc2ccnc(NCCc3cccc(Cl)c3)n2)cc1. The van der Waals surface area contributed by atoms with Gasteiger partial charge in [-0.05, 0) is 47.9 Å². The summed E-state index contributed by atoms with van der Waals surface area (Å²) in [5, 5.41) is 7.15. The Labute approximate surface area is 151 Å². The van der Waals surface area contributed by atoms with Crippen molar-refractivity contribution in [1.82, 2.24) is 9.97 Å². The summed E-state index contributed by atoms with van der Waals surface area (Å²) < 4.78 is 12.9. The topological polar surface area (TPSA) is 49.8 Å². The van der Waals surface area contributed by atoms with E-state index in [2.05, 4.69) is 20.6 Å². The first-order valence-electron chi connectivity index (χ1n) is 7.99. The van der Waals surface area contributed by atoms with Crippen molar-refractivity contribution >= 4 is 23.4 Å². The Bertz CT molecular complexity index is 824. The molecule has 0 spiro atoms. The molecule has 1 heterocycles. The molecule has 0 fully saturated rings. The second-order valence-electron chi connectivity index (χ2n) is 5.55. The summed E-state index contributed by atoms with van der Waals surface area (Å²) in [4.78, 5) is 8.64. The first-order chi connectivity index (χ1) is 12.2. The van der Waals surface area contributed by atoms with Gasteiger partial charge in [0.25, 0.3) is 0 Å². The highest BCUT2D eigenvalue weighted by Gasteiger charge is 2.01. The molecular formula is C19H18ClFN4. The second kappa shape index (κ2) is 8.44. The van der Waals surface area contributed by atoms with Crippen molar-refractivity contribution in [2.75, 3.05) is 17.2 Å². The maximum Gasteiger partial charge on any atom is 0.224 e. The van der Waals surface area contributed by atoms with Gasteiger partial charge in [-0.25, -0.2) is 9.37 Å². The summed E-state index contributed by atoms with van der Waals surface area (Å²) >= 11 is 5.98. The molecule has 0 unspecified atom stereocenters. The van der Waals surface area contributed by atoms with E-state index in [0.29, 0.717) is 24.9 Å². The molecule has 0 saturated heterocycles. The fourth-order valence-electron chi connectivity index (χ4n) is 2.35. The Morgan fingerprint density at radius 3 is 2.60 bits per heavy atom. The Balaban J connectivity index is 1.51. The minimum absolute atomic E-state index is 0.239. The number of hydrogen-bond acceptors (Lipinski definition) is 4. The molecule has 1 aromatic heterocycles. The number of hydrogen-bond donors (Lipinski definition) is 2. The second-order valence-corrected chi connectivity index (χ2v) is 5.99. The van der Waals surface area contributed by atoms with E-state index in [-0.39, 0.29) is 5.82 Å². The van der Waals surface area contributed by atoms with Crippen LogP contribution in [0.1, 0.15) is 11.1 Å². The fraction of sp³-hybridized carbons (Fsp3) is 0.158. The highest BCUT2D eigenvalue weighted by Crippen LogP contribution is 2.12. The Hall–Kier alpha value is -2.66. The third kappa shape index (κ3) is 5.43. The summed E-state index contributed by atoms with van der Waals surface area (Å²) in [6, 6.07) is 16.0. The number of nitrogens with one attached hydrogen (secondary N) is 2. The zero-order chi connectivity index (χ0) is 17.5. The van der Waals surface area contributed by atoms with Crippen LogP contribution in [0.2, 0.25) is 5.02 Å². The van der Waals surface area contributed by atoms with Crippen LogP contribution in [0.4, 0.5) is 16.2 Å². The van der Waals surface area contributed by atoms with Crippen LogP contribution in [0, 0.1) is 5.82 Å². The van der Waals surface area contributed by atoms with Gasteiger partial charge in [-0.2, -0.15) is 4.98 Å². The van der Waals surface area contributed by atoms with Gasteiger partial charge in [0, 0.05) is 24.3 Å². The normalized spacial score (nSPS) is 10.5. The Morgan fingerprint density at radius 2 is 1.80 bits per heavy atom. The maximum atomic E-state index is 12.9. The number of halogens is 2. The van der Waals surface area contributed by atoms with E-state index in [4.69, 9.17) is 11.6 Å². The first-order valence-corrected chi connectivity index (χ1v) is 8.36. The van der Waals surface area contributed by atoms with Crippen LogP contribution in [0.25, 0.3) is 0 Å². The van der Waals surface area contributed by atoms with Crippen molar-refractivity contribution in [3.63, 3.8) is 0 Å². The number of rotatable bonds is 7. The predicted octanol–water partition coefficient (Wildman–Crippen LogP) is 4.54. The molecule has 6 heteroatoms. The lowest BCUT2D eigenvalue weighted by molar-refractivity contribution is 0.627. The van der Waals surface area contributed by atoms with E-state index in [1.54, 1.807) is 24.4 Å². The molecule has 0 amide bonds. The van der Waals surface area contributed by atoms with Gasteiger partial charge in [0.15, 0.2) is 0 Å². The van der Waals surface area contributed by atoms with Crippen LogP contribution < -0.4 is 10.6 Å². The minimum atomic E-state index is -0.239. The van der Waals surface area contributed by atoms with Crippen LogP contribution in [0.3, 0.4) is 0 Å². The van der Waals surface area contributed by atoms with Crippen molar-refractivity contribution < 1.29 is 4.39 Å². The van der Waals surface area contributed by atoms with Crippen LogP contribution in [-0.2, 0) is 13.0 Å². The van der Waals surface area contributed by atoms with Gasteiger partial charge in [-0.15, -0.1) is 0 Å². The molecule has 0 atom stereocenters. The highest BCUT2D eigenvalue weighted by molar-refractivity contribution is 6.30. The number of anilines is 2. The first kappa shape index (κ1) is 17.2. The molecule has 0 aliphatic carbocycles. The quantitative estimate of drug-likeness (QED) is 0.652. The molecule has 128 valence electrons. The summed E-state index contributed by atoms with van der Waals surface area (Å²) in [5.41, 5.74) is 2.14. The van der Waals surface area contributed by atoms with Crippen molar-refractivity contribution in [2.45, 2.75) is 13.0 Å². The molecule has 0 radical (unpaired) electrons. The number of aromatic nitrogens is 2. The van der Waals surface area contributed by atoms with E-state index >= 15 is 0 Å². The number of nitrogens with zero attached hydrogens (tertiary/aromatic N) is 2. The molecule has 0 saturated carbocycles. The van der Waals surface area contributed by atoms with Crippen molar-refractivity contribution in [3.05, 3.63) is 82.8 Å². The molecular weight excluding hydrogens is 339 g/mol. The lowest BCUT2D eigenvalue weighted by Gasteiger charge is -2.09. The number of benzene rings is 2. The summed E-state index contributed by atoms with van der Waals surface area (Å²) in [6.45, 7) is 1.28. The van der Waals surface area contributed by atoms with Gasteiger partial charge in [-0.1, -0.05) is 35.9 Å². The lowest BCUT2D eigenvalue weighted by Crippen LogP contribution is -2.09. The molecule has 0 aliphatic rings. The van der Waals surface area contributed by atoms with E-state index in [1.165, 1.54) is 12.1 Å². The Kier molecular flexibility index (Phi) is 5.80. The van der Waals surface area contributed by atoms with E-state index in [0.717, 1.165) is 22.6 Å². The van der Waals surface area contributed by atoms with Gasteiger partial charge < -0.3 is 10.6 Å². The van der Waals surface area contributed by atoms with Crippen molar-refractivity contribution in [3.8, 4) is 0 Å². The van der Waals surface area contributed by atoms with Crippen LogP contribution in [-0.4, -0.2) is 16.5 Å². The van der Waals surface area contributed by atoms with Crippen LogP contribution >= 0.6 is 11.6 Å². The smallest absolute Gasteiger partial charge is 0.224 e. The zero-order valence-electron chi connectivity index (χ0n) is 13.5. The average Bonchev–Trinajstić information content (AvgIpc) is 2.62. The molecule has 4 nitrogen and oxygen atoms in total. The molecule has 2 N–H and O–H groups in total. The van der Waals surface area contributed by atoms with Crippen molar-refractivity contribution in [1.29, 1.82) is 0 Å². The standard InChI is InChI=1S/C19H18ClFN4/c20-16-3-1-2-14(12-16)8-10-22-19-23-11-9-18(25-19)24-13-15-4-6-17(21)7-5-15/h1-7,9,11-12H,8,10,13H2,(H2,22,23,24,25). The molecule has 0 aliphatic heterocycles. The van der Waals surface area contributed by atoms with Crippen LogP contribution in [0.5, 0.6) is 0 Å². The lowest BCUT2D eigenvalue weighted by atomic mass is 10.1. The Morgan fingerprint density at radius 1 is 0.960 bits per heavy atom. The molecule has 2 aromatic carbocycles. The molecule has 3 aromatic rings. The molecule has 0 bridgehead atoms.